The summed E-state index contributed by atoms with van der Waals surface area (Å²) in [5, 5.41) is 22.3. The molecule has 0 aliphatic rings. The number of carbonyl (C=O) groups excluding carboxylic acids is 1. The van der Waals surface area contributed by atoms with Crippen LogP contribution in [0.15, 0.2) is 18.2 Å². The normalized spacial score (nSPS) is 10.1. The largest absolute Gasteiger partial charge is 0.478 e. The molecule has 0 spiro atoms. The third kappa shape index (κ3) is 2.95. The summed E-state index contributed by atoms with van der Waals surface area (Å²) < 4.78 is 5.86. The maximum Gasteiger partial charge on any atom is 0.360 e. The van der Waals surface area contributed by atoms with Gasteiger partial charge >= 0.3 is 11.9 Å². The number of anilines is 1. The van der Waals surface area contributed by atoms with Gasteiger partial charge in [0.15, 0.2) is 5.69 Å². The average molecular weight is 335 g/mol. The molecule has 9 heteroatoms. The van der Waals surface area contributed by atoms with Gasteiger partial charge in [-0.05, 0) is 25.1 Å². The summed E-state index contributed by atoms with van der Waals surface area (Å²) >= 11 is 6.04. The molecule has 0 aliphatic carbocycles. The Kier molecular flexibility index (Phi) is 4.52. The molecule has 0 saturated heterocycles. The molecule has 1 aromatic carbocycles. The first-order valence-corrected chi connectivity index (χ1v) is 6.77. The van der Waals surface area contributed by atoms with Gasteiger partial charge in [0, 0.05) is 0 Å². The molecule has 0 fully saturated rings. The second-order valence-corrected chi connectivity index (χ2v) is 4.73. The van der Waals surface area contributed by atoms with Crippen molar-refractivity contribution in [3.8, 4) is 11.8 Å². The second-order valence-electron chi connectivity index (χ2n) is 4.32. The zero-order valence-electron chi connectivity index (χ0n) is 11.9. The minimum atomic E-state index is -1.17. The number of carboxylic acid groups (broad SMARTS) is 1. The van der Waals surface area contributed by atoms with E-state index >= 15 is 0 Å². The molecule has 1 heterocycles. The van der Waals surface area contributed by atoms with E-state index in [2.05, 4.69) is 5.10 Å². The van der Waals surface area contributed by atoms with Crippen LogP contribution in [-0.2, 0) is 4.74 Å². The molecular formula is C14H11ClN4O4. The second kappa shape index (κ2) is 6.37. The van der Waals surface area contributed by atoms with Crippen molar-refractivity contribution in [2.24, 2.45) is 0 Å². The first-order chi connectivity index (χ1) is 10.9. The number of nitrogens with two attached hydrogens (primary N) is 1. The number of nitrogens with zero attached hydrogens (tertiary/aromatic N) is 3. The lowest BCUT2D eigenvalue weighted by atomic mass is 10.2. The van der Waals surface area contributed by atoms with Gasteiger partial charge < -0.3 is 15.6 Å². The summed E-state index contributed by atoms with van der Waals surface area (Å²) in [7, 11) is 0. The lowest BCUT2D eigenvalue weighted by molar-refractivity contribution is 0.0518. The van der Waals surface area contributed by atoms with E-state index < -0.39 is 11.9 Å². The number of nitrogen functional groups attached to an aromatic ring is 1. The van der Waals surface area contributed by atoms with Gasteiger partial charge in [0.1, 0.15) is 17.5 Å². The van der Waals surface area contributed by atoms with Crippen LogP contribution in [0.1, 0.15) is 33.3 Å². The fourth-order valence-electron chi connectivity index (χ4n) is 1.88. The number of aromatic nitrogens is 2. The third-order valence-corrected chi connectivity index (χ3v) is 3.24. The molecule has 0 atom stereocenters. The molecule has 0 saturated carbocycles. The zero-order valence-corrected chi connectivity index (χ0v) is 12.7. The van der Waals surface area contributed by atoms with Crippen LogP contribution >= 0.6 is 11.6 Å². The van der Waals surface area contributed by atoms with Crippen molar-refractivity contribution in [2.75, 3.05) is 12.3 Å². The first kappa shape index (κ1) is 16.3. The van der Waals surface area contributed by atoms with Crippen molar-refractivity contribution in [2.45, 2.75) is 6.92 Å². The third-order valence-electron chi connectivity index (χ3n) is 2.92. The van der Waals surface area contributed by atoms with E-state index in [4.69, 9.17) is 27.2 Å². The van der Waals surface area contributed by atoms with Gasteiger partial charge in [0.25, 0.3) is 0 Å². The number of benzene rings is 1. The zero-order chi connectivity index (χ0) is 17.1. The van der Waals surface area contributed by atoms with Crippen molar-refractivity contribution in [3.63, 3.8) is 0 Å². The number of esters is 1. The first-order valence-electron chi connectivity index (χ1n) is 6.39. The molecule has 1 aromatic heterocycles. The van der Waals surface area contributed by atoms with Crippen LogP contribution in [0.3, 0.4) is 0 Å². The van der Waals surface area contributed by atoms with Crippen molar-refractivity contribution in [1.82, 2.24) is 9.78 Å². The van der Waals surface area contributed by atoms with Gasteiger partial charge in [-0.15, -0.1) is 0 Å². The summed E-state index contributed by atoms with van der Waals surface area (Å²) in [4.78, 5) is 22.9. The standard InChI is InChI=1S/C14H11ClN4O4/c1-2-23-14(22)11-8(6-16)12(17)19(18-11)10-5-7(13(20)21)3-4-9(10)15/h3-5H,2,17H2,1H3,(H,20,21). The fourth-order valence-corrected chi connectivity index (χ4v) is 2.07. The molecule has 8 nitrogen and oxygen atoms in total. The molecular weight excluding hydrogens is 324 g/mol. The number of rotatable bonds is 4. The Morgan fingerprint density at radius 3 is 2.78 bits per heavy atom. The highest BCUT2D eigenvalue weighted by Gasteiger charge is 2.24. The Balaban J connectivity index is 2.66. The quantitative estimate of drug-likeness (QED) is 0.815. The molecule has 23 heavy (non-hydrogen) atoms. The molecule has 0 radical (unpaired) electrons. The summed E-state index contributed by atoms with van der Waals surface area (Å²) in [6.45, 7) is 1.71. The van der Waals surface area contributed by atoms with Crippen LogP contribution in [0.5, 0.6) is 0 Å². The predicted octanol–water partition coefficient (Wildman–Crippen LogP) is 1.85. The molecule has 0 aliphatic heterocycles. The van der Waals surface area contributed by atoms with E-state index in [9.17, 15) is 14.9 Å². The van der Waals surface area contributed by atoms with Gasteiger partial charge in [-0.1, -0.05) is 11.6 Å². The van der Waals surface area contributed by atoms with Crippen LogP contribution < -0.4 is 5.73 Å². The van der Waals surface area contributed by atoms with E-state index in [0.717, 1.165) is 4.68 Å². The van der Waals surface area contributed by atoms with Crippen molar-refractivity contribution in [1.29, 1.82) is 5.26 Å². The summed E-state index contributed by atoms with van der Waals surface area (Å²) in [5.74, 6) is -2.11. The van der Waals surface area contributed by atoms with Crippen molar-refractivity contribution in [3.05, 3.63) is 40.0 Å². The van der Waals surface area contributed by atoms with E-state index in [1.165, 1.54) is 18.2 Å². The van der Waals surface area contributed by atoms with E-state index in [1.807, 2.05) is 0 Å². The maximum atomic E-state index is 11.8. The lowest BCUT2D eigenvalue weighted by Gasteiger charge is -2.07. The summed E-state index contributed by atoms with van der Waals surface area (Å²) in [5.41, 5.74) is 5.50. The Hall–Kier alpha value is -3.05. The highest BCUT2D eigenvalue weighted by Crippen LogP contribution is 2.27. The van der Waals surface area contributed by atoms with Gasteiger partial charge in [0.05, 0.1) is 22.9 Å². The SMILES string of the molecule is CCOC(=O)c1nn(-c2cc(C(=O)O)ccc2Cl)c(N)c1C#N. The number of hydrogen-bond donors (Lipinski definition) is 2. The summed E-state index contributed by atoms with van der Waals surface area (Å²) in [6, 6.07) is 5.69. The molecule has 0 unspecified atom stereocenters. The Labute approximate surface area is 135 Å². The number of carbonyl (C=O) groups is 2. The number of nitriles is 1. The minimum absolute atomic E-state index is 0.0458. The Bertz CT molecular complexity index is 838. The summed E-state index contributed by atoms with van der Waals surface area (Å²) in [6.07, 6.45) is 0. The molecule has 118 valence electrons. The van der Waals surface area contributed by atoms with Crippen LogP contribution in [-0.4, -0.2) is 33.4 Å². The fraction of sp³-hybridized carbons (Fsp3) is 0.143. The van der Waals surface area contributed by atoms with Gasteiger partial charge in [0.2, 0.25) is 0 Å². The average Bonchev–Trinajstić information content (AvgIpc) is 2.84. The Morgan fingerprint density at radius 1 is 1.52 bits per heavy atom. The topological polar surface area (TPSA) is 131 Å². The number of aromatic carboxylic acids is 1. The number of hydrogen-bond acceptors (Lipinski definition) is 6. The predicted molar refractivity (Wildman–Crippen MR) is 80.6 cm³/mol. The monoisotopic (exact) mass is 334 g/mol. The van der Waals surface area contributed by atoms with Gasteiger partial charge in [-0.25, -0.2) is 14.3 Å². The number of halogens is 1. The van der Waals surface area contributed by atoms with Crippen LogP contribution in [0.25, 0.3) is 5.69 Å². The molecule has 3 N–H and O–H groups in total. The Morgan fingerprint density at radius 2 is 2.22 bits per heavy atom. The molecule has 2 aromatic rings. The van der Waals surface area contributed by atoms with Gasteiger partial charge in [-0.3, -0.25) is 0 Å². The number of carboxylic acids is 1. The molecule has 0 bridgehead atoms. The van der Waals surface area contributed by atoms with Gasteiger partial charge in [-0.2, -0.15) is 10.4 Å². The van der Waals surface area contributed by atoms with E-state index in [0.29, 0.717) is 0 Å². The van der Waals surface area contributed by atoms with Crippen LogP contribution in [0.2, 0.25) is 5.02 Å². The van der Waals surface area contributed by atoms with Crippen LogP contribution in [0, 0.1) is 11.3 Å². The van der Waals surface area contributed by atoms with Crippen molar-refractivity contribution < 1.29 is 19.4 Å². The molecule has 2 rings (SSSR count). The number of ether oxygens (including phenoxy) is 1. The van der Waals surface area contributed by atoms with E-state index in [-0.39, 0.29) is 40.0 Å². The minimum Gasteiger partial charge on any atom is -0.478 e. The van der Waals surface area contributed by atoms with Crippen molar-refractivity contribution >= 4 is 29.4 Å². The highest BCUT2D eigenvalue weighted by molar-refractivity contribution is 6.32. The smallest absolute Gasteiger partial charge is 0.360 e. The maximum absolute atomic E-state index is 11.8. The highest BCUT2D eigenvalue weighted by atomic mass is 35.5. The van der Waals surface area contributed by atoms with Crippen LogP contribution in [0.4, 0.5) is 5.82 Å². The van der Waals surface area contributed by atoms with E-state index in [1.54, 1.807) is 13.0 Å². The molecule has 0 amide bonds. The lowest BCUT2D eigenvalue weighted by Crippen LogP contribution is -2.08.